The molecular formula is C42H31N5O8S. The van der Waals surface area contributed by atoms with E-state index in [-0.39, 0.29) is 62.5 Å². The Balaban J connectivity index is 1.05. The fourth-order valence-corrected chi connectivity index (χ4v) is 7.98. The van der Waals surface area contributed by atoms with Gasteiger partial charge >= 0.3 is 5.97 Å². The van der Waals surface area contributed by atoms with Crippen LogP contribution < -0.4 is 24.8 Å². The molecule has 1 fully saturated rings. The molecule has 5 aromatic rings. The van der Waals surface area contributed by atoms with E-state index in [1.807, 2.05) is 30.3 Å². The second-order valence-electron chi connectivity index (χ2n) is 12.7. The molecule has 0 radical (unpaired) electrons. The van der Waals surface area contributed by atoms with Crippen molar-refractivity contribution >= 4 is 46.8 Å². The average molecular weight is 766 g/mol. The summed E-state index contributed by atoms with van der Waals surface area (Å²) in [7, 11) is 4.28. The molecule has 2 heterocycles. The van der Waals surface area contributed by atoms with Gasteiger partial charge in [-0.25, -0.2) is 14.7 Å². The maximum Gasteiger partial charge on any atom is 0.338 e. The number of benzene rings is 4. The van der Waals surface area contributed by atoms with E-state index in [2.05, 4.69) is 23.2 Å². The zero-order valence-electron chi connectivity index (χ0n) is 30.2. The minimum Gasteiger partial charge on any atom is -0.493 e. The Bertz CT molecular complexity index is 2530. The molecule has 2 amide bonds. The first kappa shape index (κ1) is 37.2. The highest BCUT2D eigenvalue weighted by atomic mass is 32.2. The molecule has 14 heteroatoms. The fourth-order valence-electron chi connectivity index (χ4n) is 6.86. The number of hydrogen-bond acceptors (Lipinski definition) is 13. The number of thioether (sulfide) groups is 1. The monoisotopic (exact) mass is 765 g/mol. The van der Waals surface area contributed by atoms with Gasteiger partial charge in [-0.3, -0.25) is 14.4 Å². The van der Waals surface area contributed by atoms with E-state index in [0.29, 0.717) is 16.9 Å². The molecule has 1 saturated heterocycles. The summed E-state index contributed by atoms with van der Waals surface area (Å²) in [5.74, 6) is -1.56. The molecule has 4 aromatic carbocycles. The molecule has 1 aliphatic carbocycles. The second-order valence-corrected chi connectivity index (χ2v) is 13.9. The van der Waals surface area contributed by atoms with Crippen LogP contribution in [0.25, 0.3) is 22.3 Å². The Morgan fingerprint density at radius 3 is 2.18 bits per heavy atom. The number of ketones is 1. The van der Waals surface area contributed by atoms with Crippen LogP contribution in [0, 0.1) is 22.7 Å². The summed E-state index contributed by atoms with van der Waals surface area (Å²) >= 11 is 0.873. The van der Waals surface area contributed by atoms with Crippen molar-refractivity contribution in [3.8, 4) is 51.6 Å². The number of imide groups is 1. The Labute approximate surface area is 325 Å². The van der Waals surface area contributed by atoms with E-state index in [1.54, 1.807) is 18.2 Å². The van der Waals surface area contributed by atoms with Crippen LogP contribution in [0.2, 0.25) is 0 Å². The summed E-state index contributed by atoms with van der Waals surface area (Å²) in [6, 6.07) is 26.4. The number of nitrogens with zero attached hydrogens (tertiary/aromatic N) is 4. The van der Waals surface area contributed by atoms with Crippen LogP contribution in [0.15, 0.2) is 83.9 Å². The van der Waals surface area contributed by atoms with Crippen LogP contribution in [0.3, 0.4) is 0 Å². The number of nitrogen functional groups attached to an aromatic ring is 1. The third-order valence-electron chi connectivity index (χ3n) is 9.54. The third kappa shape index (κ3) is 6.63. The van der Waals surface area contributed by atoms with Crippen molar-refractivity contribution in [3.05, 3.63) is 112 Å². The first-order chi connectivity index (χ1) is 27.1. The largest absolute Gasteiger partial charge is 0.493 e. The van der Waals surface area contributed by atoms with Crippen LogP contribution in [0.4, 0.5) is 11.5 Å². The van der Waals surface area contributed by atoms with Crippen molar-refractivity contribution in [2.45, 2.75) is 23.1 Å². The molecule has 56 heavy (non-hydrogen) atoms. The standard InChI is InChI=1S/C42H31N5O8S/c1-52-33-16-26(17-34(53-2)38(33)54-3)37-30(19-43)39(45)46-40(31(37)20-44)56-35-18-36(49)47(41(35)50)27-11-8-22(9-12-27)42(51)55-21-32(48)24-10-13-29-25(15-24)14-23-6-4-5-7-28(23)29/h4-13,15-17,35H,14,18,21H2,1-3H3,(H2,45,46). The summed E-state index contributed by atoms with van der Waals surface area (Å²) < 4.78 is 21.7. The molecule has 2 aliphatic rings. The summed E-state index contributed by atoms with van der Waals surface area (Å²) in [4.78, 5) is 58.1. The molecule has 7 rings (SSSR count). The van der Waals surface area contributed by atoms with Gasteiger partial charge in [-0.05, 0) is 76.7 Å². The third-order valence-corrected chi connectivity index (χ3v) is 10.7. The summed E-state index contributed by atoms with van der Waals surface area (Å²) in [6.45, 7) is -0.464. The maximum atomic E-state index is 13.7. The average Bonchev–Trinajstić information content (AvgIpc) is 3.73. The predicted molar refractivity (Wildman–Crippen MR) is 206 cm³/mol. The van der Waals surface area contributed by atoms with Crippen molar-refractivity contribution in [1.29, 1.82) is 10.5 Å². The first-order valence-corrected chi connectivity index (χ1v) is 18.0. The zero-order chi connectivity index (χ0) is 39.7. The SMILES string of the molecule is COc1cc(-c2c(C#N)c(N)nc(SC3CC(=O)N(c4ccc(C(=O)OCC(=O)c5ccc6c(c5)Cc5ccccc5-6)cc4)C3=O)c2C#N)cc(OC)c1OC. The number of esters is 1. The number of methoxy groups -OCH3 is 3. The van der Waals surface area contributed by atoms with Crippen LogP contribution in [0.5, 0.6) is 17.2 Å². The lowest BCUT2D eigenvalue weighted by Crippen LogP contribution is -2.31. The van der Waals surface area contributed by atoms with Crippen LogP contribution in [-0.4, -0.2) is 61.7 Å². The molecule has 0 saturated carbocycles. The second kappa shape index (κ2) is 15.3. The van der Waals surface area contributed by atoms with Gasteiger partial charge in [-0.1, -0.05) is 48.2 Å². The number of carbonyl (C=O) groups excluding carboxylic acids is 4. The van der Waals surface area contributed by atoms with Gasteiger partial charge in [0, 0.05) is 17.5 Å². The number of hydrogen-bond donors (Lipinski definition) is 1. The number of pyridine rings is 1. The highest BCUT2D eigenvalue weighted by Gasteiger charge is 2.41. The summed E-state index contributed by atoms with van der Waals surface area (Å²) in [6.07, 6.45) is 0.496. The molecule has 1 unspecified atom stereocenters. The quantitative estimate of drug-likeness (QED) is 0.0899. The Hall–Kier alpha value is -7.16. The topological polar surface area (TPSA) is 195 Å². The highest BCUT2D eigenvalue weighted by molar-refractivity contribution is 8.00. The number of nitriles is 2. The molecule has 1 aromatic heterocycles. The summed E-state index contributed by atoms with van der Waals surface area (Å²) in [5, 5.41) is 19.4. The normalized spacial score (nSPS) is 14.0. The minimum atomic E-state index is -0.994. The molecule has 2 N–H and O–H groups in total. The van der Waals surface area contributed by atoms with Crippen molar-refractivity contribution in [2.24, 2.45) is 0 Å². The minimum absolute atomic E-state index is 0.0402. The smallest absolute Gasteiger partial charge is 0.338 e. The lowest BCUT2D eigenvalue weighted by Gasteiger charge is -2.18. The number of anilines is 2. The van der Waals surface area contributed by atoms with Gasteiger partial charge in [0.25, 0.3) is 0 Å². The Kier molecular flexibility index (Phi) is 10.2. The van der Waals surface area contributed by atoms with Gasteiger partial charge in [0.05, 0.1) is 43.4 Å². The zero-order valence-corrected chi connectivity index (χ0v) is 31.1. The van der Waals surface area contributed by atoms with Crippen molar-refractivity contribution in [3.63, 3.8) is 0 Å². The van der Waals surface area contributed by atoms with E-state index >= 15 is 0 Å². The molecule has 1 aliphatic heterocycles. The number of fused-ring (bicyclic) bond motifs is 3. The fraction of sp³-hybridized carbons (Fsp3) is 0.167. The lowest BCUT2D eigenvalue weighted by molar-refractivity contribution is -0.121. The summed E-state index contributed by atoms with van der Waals surface area (Å²) in [5.41, 5.74) is 11.8. The number of ether oxygens (including phenoxy) is 4. The lowest BCUT2D eigenvalue weighted by atomic mass is 9.96. The van der Waals surface area contributed by atoms with E-state index in [4.69, 9.17) is 24.7 Å². The van der Waals surface area contributed by atoms with E-state index in [0.717, 1.165) is 39.8 Å². The molecule has 13 nitrogen and oxygen atoms in total. The molecule has 0 spiro atoms. The van der Waals surface area contributed by atoms with Crippen molar-refractivity contribution in [1.82, 2.24) is 4.98 Å². The number of carbonyl (C=O) groups is 4. The Morgan fingerprint density at radius 2 is 1.52 bits per heavy atom. The van der Waals surface area contributed by atoms with Gasteiger partial charge in [-0.15, -0.1) is 0 Å². The molecule has 1 atom stereocenters. The van der Waals surface area contributed by atoms with Gasteiger partial charge in [0.1, 0.15) is 28.5 Å². The van der Waals surface area contributed by atoms with Gasteiger partial charge in [-0.2, -0.15) is 10.5 Å². The van der Waals surface area contributed by atoms with Crippen molar-refractivity contribution in [2.75, 3.05) is 38.6 Å². The maximum absolute atomic E-state index is 13.7. The van der Waals surface area contributed by atoms with E-state index in [1.165, 1.54) is 51.2 Å². The van der Waals surface area contributed by atoms with Crippen LogP contribution in [-0.2, 0) is 20.7 Å². The molecule has 278 valence electrons. The molecular weight excluding hydrogens is 735 g/mol. The number of aromatic nitrogens is 1. The molecule has 0 bridgehead atoms. The number of amides is 2. The van der Waals surface area contributed by atoms with E-state index in [9.17, 15) is 29.7 Å². The van der Waals surface area contributed by atoms with E-state index < -0.39 is 29.6 Å². The van der Waals surface area contributed by atoms with Gasteiger partial charge in [0.15, 0.2) is 23.9 Å². The number of Topliss-reactive ketones (excluding diaryl/α,β-unsaturated/α-hetero) is 1. The van der Waals surface area contributed by atoms with Crippen LogP contribution >= 0.6 is 11.8 Å². The Morgan fingerprint density at radius 1 is 0.857 bits per heavy atom. The first-order valence-electron chi connectivity index (χ1n) is 17.1. The van der Waals surface area contributed by atoms with Crippen LogP contribution in [0.1, 0.15) is 49.4 Å². The predicted octanol–water partition coefficient (Wildman–Crippen LogP) is 6.14. The van der Waals surface area contributed by atoms with Gasteiger partial charge < -0.3 is 24.7 Å². The van der Waals surface area contributed by atoms with Gasteiger partial charge in [0.2, 0.25) is 17.6 Å². The van der Waals surface area contributed by atoms with Crippen molar-refractivity contribution < 1.29 is 38.1 Å². The number of nitrogens with two attached hydrogens (primary N) is 1. The highest BCUT2D eigenvalue weighted by Crippen LogP contribution is 2.45. The number of rotatable bonds is 11.